The Balaban J connectivity index is 0.00000192. The number of hydrogen-bond acceptors (Lipinski definition) is 4. The molecule has 3 fully saturated rings. The predicted molar refractivity (Wildman–Crippen MR) is 119 cm³/mol. The van der Waals surface area contributed by atoms with Crippen LogP contribution in [0.1, 0.15) is 24.8 Å². The number of rotatable bonds is 2. The third-order valence-electron chi connectivity index (χ3n) is 6.28. The second-order valence-electron chi connectivity index (χ2n) is 7.88. The van der Waals surface area contributed by atoms with E-state index >= 15 is 0 Å². The van der Waals surface area contributed by atoms with Gasteiger partial charge in [0.2, 0.25) is 0 Å². The lowest BCUT2D eigenvalue weighted by atomic mass is 9.82. The SMILES string of the molecule is CN=C(NCc1cc(Cl)c2c(c1)OCCCO2)N1CC2C3CCC(O3)C2C1.I. The van der Waals surface area contributed by atoms with Gasteiger partial charge in [-0.25, -0.2) is 0 Å². The quantitative estimate of drug-likeness (QED) is 0.369. The fourth-order valence-electron chi connectivity index (χ4n) is 5.03. The number of likely N-dealkylation sites (tertiary alicyclic amines) is 1. The fourth-order valence-corrected chi connectivity index (χ4v) is 5.32. The molecule has 6 nitrogen and oxygen atoms in total. The van der Waals surface area contributed by atoms with E-state index < -0.39 is 0 Å². The standard InChI is InChI=1S/C20H26ClN3O3.HI/c1-22-20(24-10-13-14(11-24)17-4-3-16(13)27-17)23-9-12-7-15(21)19-18(8-12)25-5-2-6-26-19;/h7-8,13-14,16-17H,2-6,9-11H2,1H3,(H,22,23);1H. The molecule has 4 aliphatic rings. The van der Waals surface area contributed by atoms with Crippen LogP contribution in [-0.4, -0.2) is 56.4 Å². The van der Waals surface area contributed by atoms with E-state index in [4.69, 9.17) is 25.8 Å². The zero-order valence-corrected chi connectivity index (χ0v) is 19.1. The van der Waals surface area contributed by atoms with Gasteiger partial charge in [0.05, 0.1) is 30.4 Å². The Kier molecular flexibility index (Phi) is 6.13. The smallest absolute Gasteiger partial charge is 0.193 e. The monoisotopic (exact) mass is 519 g/mol. The number of fused-ring (bicyclic) bond motifs is 6. The third-order valence-corrected chi connectivity index (χ3v) is 6.56. The van der Waals surface area contributed by atoms with Gasteiger partial charge in [-0.15, -0.1) is 24.0 Å². The maximum absolute atomic E-state index is 6.41. The summed E-state index contributed by atoms with van der Waals surface area (Å²) in [4.78, 5) is 6.89. The summed E-state index contributed by atoms with van der Waals surface area (Å²) in [6.45, 7) is 4.02. The number of nitrogens with zero attached hydrogens (tertiary/aromatic N) is 2. The Hall–Kier alpha value is -0.930. The number of ether oxygens (including phenoxy) is 3. The topological polar surface area (TPSA) is 55.3 Å². The fraction of sp³-hybridized carbons (Fsp3) is 0.650. The highest BCUT2D eigenvalue weighted by atomic mass is 127. The minimum atomic E-state index is 0. The molecule has 28 heavy (non-hydrogen) atoms. The molecule has 4 atom stereocenters. The molecule has 154 valence electrons. The number of halogens is 2. The molecule has 1 aromatic rings. The number of guanidine groups is 1. The van der Waals surface area contributed by atoms with Gasteiger partial charge in [-0.1, -0.05) is 11.6 Å². The maximum Gasteiger partial charge on any atom is 0.193 e. The van der Waals surface area contributed by atoms with E-state index in [0.29, 0.717) is 54.6 Å². The van der Waals surface area contributed by atoms with Gasteiger partial charge >= 0.3 is 0 Å². The van der Waals surface area contributed by atoms with Crippen molar-refractivity contribution in [3.8, 4) is 11.5 Å². The lowest BCUT2D eigenvalue weighted by Crippen LogP contribution is -2.41. The van der Waals surface area contributed by atoms with Gasteiger partial charge in [-0.05, 0) is 30.5 Å². The second-order valence-corrected chi connectivity index (χ2v) is 8.29. The van der Waals surface area contributed by atoms with Crippen LogP contribution in [0, 0.1) is 11.8 Å². The Morgan fingerprint density at radius 1 is 1.18 bits per heavy atom. The van der Waals surface area contributed by atoms with Crippen LogP contribution in [0.3, 0.4) is 0 Å². The van der Waals surface area contributed by atoms with Crippen LogP contribution in [0.5, 0.6) is 11.5 Å². The van der Waals surface area contributed by atoms with Crippen molar-refractivity contribution in [2.45, 2.75) is 38.0 Å². The summed E-state index contributed by atoms with van der Waals surface area (Å²) in [5, 5.41) is 4.10. The second kappa shape index (κ2) is 8.44. The van der Waals surface area contributed by atoms with E-state index in [9.17, 15) is 0 Å². The molecule has 0 aromatic heterocycles. The molecular formula is C20H27ClIN3O3. The molecule has 0 saturated carbocycles. The minimum Gasteiger partial charge on any atom is -0.489 e. The number of nitrogens with one attached hydrogen (secondary N) is 1. The molecule has 4 unspecified atom stereocenters. The summed E-state index contributed by atoms with van der Waals surface area (Å²) < 4.78 is 17.6. The van der Waals surface area contributed by atoms with Crippen LogP contribution in [-0.2, 0) is 11.3 Å². The Morgan fingerprint density at radius 2 is 1.89 bits per heavy atom. The van der Waals surface area contributed by atoms with E-state index in [1.807, 2.05) is 19.2 Å². The van der Waals surface area contributed by atoms with E-state index in [-0.39, 0.29) is 24.0 Å². The summed E-state index contributed by atoms with van der Waals surface area (Å²) in [7, 11) is 1.85. The van der Waals surface area contributed by atoms with Crippen molar-refractivity contribution in [1.82, 2.24) is 10.2 Å². The van der Waals surface area contributed by atoms with Crippen molar-refractivity contribution in [3.05, 3.63) is 22.7 Å². The van der Waals surface area contributed by atoms with Crippen molar-refractivity contribution in [1.29, 1.82) is 0 Å². The highest BCUT2D eigenvalue weighted by Gasteiger charge is 2.53. The Bertz CT molecular complexity index is 744. The zero-order valence-electron chi connectivity index (χ0n) is 16.0. The van der Waals surface area contributed by atoms with Crippen molar-refractivity contribution < 1.29 is 14.2 Å². The molecule has 3 saturated heterocycles. The van der Waals surface area contributed by atoms with Gasteiger partial charge in [0.25, 0.3) is 0 Å². The molecule has 2 bridgehead atoms. The average molecular weight is 520 g/mol. The van der Waals surface area contributed by atoms with Gasteiger partial charge in [0, 0.05) is 44.9 Å². The van der Waals surface area contributed by atoms with Crippen LogP contribution < -0.4 is 14.8 Å². The predicted octanol–water partition coefficient (Wildman–Crippen LogP) is 3.30. The molecule has 4 heterocycles. The summed E-state index contributed by atoms with van der Waals surface area (Å²) >= 11 is 6.41. The van der Waals surface area contributed by atoms with Gasteiger partial charge in [-0.3, -0.25) is 4.99 Å². The largest absolute Gasteiger partial charge is 0.489 e. The maximum atomic E-state index is 6.41. The molecule has 8 heteroatoms. The van der Waals surface area contributed by atoms with E-state index in [0.717, 1.165) is 36.8 Å². The van der Waals surface area contributed by atoms with Crippen LogP contribution in [0.4, 0.5) is 0 Å². The molecule has 0 spiro atoms. The summed E-state index contributed by atoms with van der Waals surface area (Å²) in [5.41, 5.74) is 1.06. The van der Waals surface area contributed by atoms with Crippen LogP contribution in [0.25, 0.3) is 0 Å². The highest BCUT2D eigenvalue weighted by Crippen LogP contribution is 2.47. The lowest BCUT2D eigenvalue weighted by molar-refractivity contribution is 0.0767. The molecular weight excluding hydrogens is 493 g/mol. The molecule has 0 amide bonds. The molecule has 4 aliphatic heterocycles. The van der Waals surface area contributed by atoms with Crippen molar-refractivity contribution >= 4 is 41.5 Å². The van der Waals surface area contributed by atoms with Gasteiger partial charge in [-0.2, -0.15) is 0 Å². The van der Waals surface area contributed by atoms with E-state index in [1.165, 1.54) is 12.8 Å². The molecule has 0 radical (unpaired) electrons. The molecule has 1 N–H and O–H groups in total. The first-order chi connectivity index (χ1) is 13.2. The molecule has 5 rings (SSSR count). The van der Waals surface area contributed by atoms with Gasteiger partial charge in [0.1, 0.15) is 0 Å². The van der Waals surface area contributed by atoms with Gasteiger partial charge < -0.3 is 24.4 Å². The first-order valence-electron chi connectivity index (χ1n) is 9.92. The van der Waals surface area contributed by atoms with Gasteiger partial charge in [0.15, 0.2) is 17.5 Å². The van der Waals surface area contributed by atoms with Crippen LogP contribution >= 0.6 is 35.6 Å². The molecule has 1 aromatic carbocycles. The normalized spacial score (nSPS) is 30.6. The van der Waals surface area contributed by atoms with Crippen molar-refractivity contribution in [2.75, 3.05) is 33.4 Å². The Morgan fingerprint density at radius 3 is 2.61 bits per heavy atom. The average Bonchev–Trinajstić information content (AvgIpc) is 3.32. The number of benzene rings is 1. The first-order valence-corrected chi connectivity index (χ1v) is 10.3. The first kappa shape index (κ1) is 20.3. The van der Waals surface area contributed by atoms with Crippen LogP contribution in [0.2, 0.25) is 5.02 Å². The van der Waals surface area contributed by atoms with Crippen LogP contribution in [0.15, 0.2) is 17.1 Å². The van der Waals surface area contributed by atoms with Crippen molar-refractivity contribution in [3.63, 3.8) is 0 Å². The third kappa shape index (κ3) is 3.65. The lowest BCUT2D eigenvalue weighted by Gasteiger charge is -2.23. The summed E-state index contributed by atoms with van der Waals surface area (Å²) in [5.74, 6) is 3.66. The highest BCUT2D eigenvalue weighted by molar-refractivity contribution is 14.0. The molecule has 0 aliphatic carbocycles. The Labute approximate surface area is 188 Å². The summed E-state index contributed by atoms with van der Waals surface area (Å²) in [6, 6.07) is 3.96. The zero-order chi connectivity index (χ0) is 18.4. The number of hydrogen-bond donors (Lipinski definition) is 1. The van der Waals surface area contributed by atoms with E-state index in [2.05, 4.69) is 15.2 Å². The summed E-state index contributed by atoms with van der Waals surface area (Å²) in [6.07, 6.45) is 4.24. The van der Waals surface area contributed by atoms with E-state index in [1.54, 1.807) is 0 Å². The van der Waals surface area contributed by atoms with Crippen molar-refractivity contribution in [2.24, 2.45) is 16.8 Å². The minimum absolute atomic E-state index is 0. The number of aliphatic imine (C=N–C) groups is 1.